The fourth-order valence-corrected chi connectivity index (χ4v) is 2.68. The van der Waals surface area contributed by atoms with E-state index < -0.39 is 11.7 Å². The van der Waals surface area contributed by atoms with E-state index in [0.717, 1.165) is 11.6 Å². The van der Waals surface area contributed by atoms with Gasteiger partial charge < -0.3 is 5.32 Å². The highest BCUT2D eigenvalue weighted by Crippen LogP contribution is 2.36. The summed E-state index contributed by atoms with van der Waals surface area (Å²) < 4.78 is 51.9. The van der Waals surface area contributed by atoms with Gasteiger partial charge in [-0.3, -0.25) is 0 Å². The number of rotatable bonds is 3. The summed E-state index contributed by atoms with van der Waals surface area (Å²) in [7, 11) is 0. The largest absolute Gasteiger partial charge is 0.417 e. The summed E-state index contributed by atoms with van der Waals surface area (Å²) in [5.74, 6) is -0.381. The monoisotopic (exact) mass is 425 g/mol. The van der Waals surface area contributed by atoms with E-state index in [1.165, 1.54) is 24.3 Å². The quantitative estimate of drug-likeness (QED) is 0.595. The van der Waals surface area contributed by atoms with Crippen molar-refractivity contribution in [2.75, 3.05) is 5.32 Å². The number of hydrogen-bond acceptors (Lipinski definition) is 1. The minimum Gasteiger partial charge on any atom is -0.381 e. The van der Waals surface area contributed by atoms with E-state index in [-0.39, 0.29) is 16.8 Å². The molecule has 0 spiro atoms. The first-order valence-electron chi connectivity index (χ1n) is 5.82. The SMILES string of the molecule is Fc1ccc(CNc2ccc(Br)c(C(F)(F)F)c2)c(Br)c1. The highest BCUT2D eigenvalue weighted by atomic mass is 79.9. The molecule has 0 saturated carbocycles. The average Bonchev–Trinajstić information content (AvgIpc) is 2.38. The lowest BCUT2D eigenvalue weighted by molar-refractivity contribution is -0.138. The molecule has 0 saturated heterocycles. The lowest BCUT2D eigenvalue weighted by atomic mass is 10.1. The number of benzene rings is 2. The van der Waals surface area contributed by atoms with Gasteiger partial charge in [0.2, 0.25) is 0 Å². The molecule has 2 aromatic carbocycles. The van der Waals surface area contributed by atoms with Gasteiger partial charge in [-0.2, -0.15) is 13.2 Å². The molecule has 2 rings (SSSR count). The van der Waals surface area contributed by atoms with Crippen LogP contribution in [0.15, 0.2) is 45.3 Å². The zero-order valence-electron chi connectivity index (χ0n) is 10.4. The number of alkyl halides is 3. The predicted octanol–water partition coefficient (Wildman–Crippen LogP) is 5.98. The van der Waals surface area contributed by atoms with Crippen molar-refractivity contribution in [2.24, 2.45) is 0 Å². The first kappa shape index (κ1) is 16.3. The summed E-state index contributed by atoms with van der Waals surface area (Å²) >= 11 is 6.10. The van der Waals surface area contributed by atoms with Gasteiger partial charge in [-0.15, -0.1) is 0 Å². The molecular weight excluding hydrogens is 418 g/mol. The molecule has 0 aliphatic heterocycles. The Morgan fingerprint density at radius 3 is 2.29 bits per heavy atom. The van der Waals surface area contributed by atoms with Crippen molar-refractivity contribution in [3.63, 3.8) is 0 Å². The van der Waals surface area contributed by atoms with Gasteiger partial charge in [-0.05, 0) is 35.9 Å². The zero-order chi connectivity index (χ0) is 15.6. The Hall–Kier alpha value is -1.08. The summed E-state index contributed by atoms with van der Waals surface area (Å²) in [4.78, 5) is 0. The van der Waals surface area contributed by atoms with Crippen LogP contribution >= 0.6 is 31.9 Å². The molecule has 1 nitrogen and oxygen atoms in total. The maximum absolute atomic E-state index is 13.0. The van der Waals surface area contributed by atoms with Gasteiger partial charge in [0.1, 0.15) is 5.82 Å². The minimum atomic E-state index is -4.42. The number of hydrogen-bond donors (Lipinski definition) is 1. The fraction of sp³-hybridized carbons (Fsp3) is 0.143. The third-order valence-corrected chi connectivity index (χ3v) is 4.20. The van der Waals surface area contributed by atoms with E-state index in [1.807, 2.05) is 0 Å². The van der Waals surface area contributed by atoms with Gasteiger partial charge in [0.15, 0.2) is 0 Å². The standard InChI is InChI=1S/C14H9Br2F4N/c15-12-4-3-10(6-11(12)14(18,19)20)21-7-8-1-2-9(17)5-13(8)16/h1-6,21H,7H2. The zero-order valence-corrected chi connectivity index (χ0v) is 13.6. The van der Waals surface area contributed by atoms with Crippen molar-refractivity contribution in [1.82, 2.24) is 0 Å². The molecule has 0 aliphatic carbocycles. The van der Waals surface area contributed by atoms with E-state index >= 15 is 0 Å². The molecule has 112 valence electrons. The number of nitrogens with one attached hydrogen (secondary N) is 1. The molecule has 0 bridgehead atoms. The smallest absolute Gasteiger partial charge is 0.381 e. The summed E-state index contributed by atoms with van der Waals surface area (Å²) in [6.45, 7) is 0.278. The molecule has 0 aliphatic rings. The van der Waals surface area contributed by atoms with Crippen LogP contribution in [0.2, 0.25) is 0 Å². The third kappa shape index (κ3) is 4.20. The van der Waals surface area contributed by atoms with Crippen molar-refractivity contribution >= 4 is 37.5 Å². The van der Waals surface area contributed by atoms with Crippen LogP contribution in [0.25, 0.3) is 0 Å². The topological polar surface area (TPSA) is 12.0 Å². The van der Waals surface area contributed by atoms with Crippen molar-refractivity contribution in [3.8, 4) is 0 Å². The molecule has 0 fully saturated rings. The van der Waals surface area contributed by atoms with Gasteiger partial charge in [0.25, 0.3) is 0 Å². The first-order chi connectivity index (χ1) is 9.77. The van der Waals surface area contributed by atoms with E-state index in [9.17, 15) is 17.6 Å². The van der Waals surface area contributed by atoms with Crippen LogP contribution in [0.1, 0.15) is 11.1 Å². The van der Waals surface area contributed by atoms with Crippen molar-refractivity contribution in [3.05, 3.63) is 62.3 Å². The molecule has 7 heteroatoms. The first-order valence-corrected chi connectivity index (χ1v) is 7.40. The molecule has 2 aromatic rings. The van der Waals surface area contributed by atoms with Gasteiger partial charge >= 0.3 is 6.18 Å². The van der Waals surface area contributed by atoms with E-state index in [1.54, 1.807) is 6.07 Å². The molecule has 21 heavy (non-hydrogen) atoms. The van der Waals surface area contributed by atoms with Crippen LogP contribution < -0.4 is 5.32 Å². The Labute approximate surface area is 135 Å². The van der Waals surface area contributed by atoms with Gasteiger partial charge in [-0.1, -0.05) is 37.9 Å². The Balaban J connectivity index is 2.17. The van der Waals surface area contributed by atoms with Crippen LogP contribution in [-0.2, 0) is 12.7 Å². The molecule has 0 atom stereocenters. The van der Waals surface area contributed by atoms with E-state index in [2.05, 4.69) is 37.2 Å². The highest BCUT2D eigenvalue weighted by Gasteiger charge is 2.33. The van der Waals surface area contributed by atoms with Gasteiger partial charge in [0, 0.05) is 21.2 Å². The predicted molar refractivity (Wildman–Crippen MR) is 80.6 cm³/mol. The van der Waals surface area contributed by atoms with Gasteiger partial charge in [-0.25, -0.2) is 4.39 Å². The Morgan fingerprint density at radius 1 is 0.952 bits per heavy atom. The van der Waals surface area contributed by atoms with Crippen LogP contribution in [0.3, 0.4) is 0 Å². The molecule has 0 unspecified atom stereocenters. The van der Waals surface area contributed by atoms with E-state index in [4.69, 9.17) is 0 Å². The summed E-state index contributed by atoms with van der Waals surface area (Å²) in [5.41, 5.74) is 0.334. The van der Waals surface area contributed by atoms with E-state index in [0.29, 0.717) is 10.2 Å². The molecule has 0 radical (unpaired) electrons. The fourth-order valence-electron chi connectivity index (χ4n) is 1.71. The van der Waals surface area contributed by atoms with Crippen LogP contribution in [-0.4, -0.2) is 0 Å². The normalized spacial score (nSPS) is 11.5. The summed E-state index contributed by atoms with van der Waals surface area (Å²) in [6, 6.07) is 8.07. The molecule has 0 amide bonds. The lowest BCUT2D eigenvalue weighted by Crippen LogP contribution is -2.08. The second kappa shape index (κ2) is 6.36. The Bertz CT molecular complexity index is 656. The maximum atomic E-state index is 13.0. The second-order valence-electron chi connectivity index (χ2n) is 4.28. The van der Waals surface area contributed by atoms with Gasteiger partial charge in [0.05, 0.1) is 5.56 Å². The summed E-state index contributed by atoms with van der Waals surface area (Å²) in [5, 5.41) is 2.89. The molecule has 0 heterocycles. The lowest BCUT2D eigenvalue weighted by Gasteiger charge is -2.13. The second-order valence-corrected chi connectivity index (χ2v) is 5.99. The molecular formula is C14H9Br2F4N. The minimum absolute atomic E-state index is 0.0106. The molecule has 1 N–H and O–H groups in total. The van der Waals surface area contributed by atoms with Crippen LogP contribution in [0.4, 0.5) is 23.2 Å². The molecule has 0 aromatic heterocycles. The Kier molecular flexibility index (Phi) is 4.93. The maximum Gasteiger partial charge on any atom is 0.417 e. The van der Waals surface area contributed by atoms with Crippen molar-refractivity contribution < 1.29 is 17.6 Å². The van der Waals surface area contributed by atoms with Crippen molar-refractivity contribution in [1.29, 1.82) is 0 Å². The average molecular weight is 427 g/mol. The van der Waals surface area contributed by atoms with Crippen LogP contribution in [0.5, 0.6) is 0 Å². The number of anilines is 1. The summed E-state index contributed by atoms with van der Waals surface area (Å²) in [6.07, 6.45) is -4.42. The highest BCUT2D eigenvalue weighted by molar-refractivity contribution is 9.10. The van der Waals surface area contributed by atoms with Crippen molar-refractivity contribution in [2.45, 2.75) is 12.7 Å². The number of halogens is 6. The Morgan fingerprint density at radius 2 is 1.67 bits per heavy atom. The third-order valence-electron chi connectivity index (χ3n) is 2.77. The van der Waals surface area contributed by atoms with Crippen LogP contribution in [0, 0.1) is 5.82 Å².